The SMILES string of the molecule is OC(Nc1nc(CCCCCCN2CCCCC2)cn1-c1ccccc1)c1cccc(-c2ccncc2)c1. The van der Waals surface area contributed by atoms with Crippen molar-refractivity contribution in [2.45, 2.75) is 57.6 Å². The van der Waals surface area contributed by atoms with Crippen molar-refractivity contribution >= 4 is 5.95 Å². The first-order chi connectivity index (χ1) is 18.8. The number of anilines is 1. The molecule has 6 heteroatoms. The average Bonchev–Trinajstić information content (AvgIpc) is 3.38. The van der Waals surface area contributed by atoms with Gasteiger partial charge in [0.25, 0.3) is 0 Å². The zero-order valence-corrected chi connectivity index (χ0v) is 22.2. The van der Waals surface area contributed by atoms with Crippen molar-refractivity contribution < 1.29 is 5.11 Å². The zero-order valence-electron chi connectivity index (χ0n) is 22.2. The first-order valence-corrected chi connectivity index (χ1v) is 14.1. The second kappa shape index (κ2) is 13.4. The molecule has 0 saturated carbocycles. The molecule has 1 saturated heterocycles. The summed E-state index contributed by atoms with van der Waals surface area (Å²) in [6.45, 7) is 3.82. The van der Waals surface area contributed by atoms with Crippen LogP contribution in [-0.4, -0.2) is 44.2 Å². The second-order valence-electron chi connectivity index (χ2n) is 10.2. The lowest BCUT2D eigenvalue weighted by Crippen LogP contribution is -2.30. The molecular weight excluding hydrogens is 470 g/mol. The number of unbranched alkanes of at least 4 members (excludes halogenated alkanes) is 3. The average molecular weight is 510 g/mol. The summed E-state index contributed by atoms with van der Waals surface area (Å²) in [7, 11) is 0. The summed E-state index contributed by atoms with van der Waals surface area (Å²) in [5.74, 6) is 0.651. The van der Waals surface area contributed by atoms with Crippen molar-refractivity contribution in [2.24, 2.45) is 0 Å². The maximum Gasteiger partial charge on any atom is 0.210 e. The molecule has 6 nitrogen and oxygen atoms in total. The number of aryl methyl sites for hydroxylation is 1. The van der Waals surface area contributed by atoms with Crippen LogP contribution in [0.25, 0.3) is 16.8 Å². The van der Waals surface area contributed by atoms with Crippen molar-refractivity contribution in [3.8, 4) is 16.8 Å². The van der Waals surface area contributed by atoms with Crippen LogP contribution in [0.2, 0.25) is 0 Å². The number of imidazole rings is 1. The standard InChI is InChI=1S/C32H39N5O/c38-31(28-13-11-12-27(24-28)26-17-19-33-20-18-26)35-32-34-29(25-37(32)30-15-6-3-7-16-30)14-5-1-2-8-21-36-22-9-4-10-23-36/h3,6-7,11-13,15-20,24-25,31,38H,1-2,4-5,8-10,14,21-23H2,(H,34,35). The number of aliphatic hydroxyl groups excluding tert-OH is 1. The normalized spacial score (nSPS) is 14.9. The van der Waals surface area contributed by atoms with Gasteiger partial charge >= 0.3 is 0 Å². The molecule has 0 radical (unpaired) electrons. The Labute approximate surface area is 226 Å². The maximum absolute atomic E-state index is 11.1. The Morgan fingerprint density at radius 1 is 0.816 bits per heavy atom. The fourth-order valence-corrected chi connectivity index (χ4v) is 5.25. The fourth-order valence-electron chi connectivity index (χ4n) is 5.25. The number of rotatable bonds is 12. The van der Waals surface area contributed by atoms with E-state index in [1.165, 1.54) is 58.2 Å². The van der Waals surface area contributed by atoms with E-state index in [1.54, 1.807) is 12.4 Å². The number of nitrogens with one attached hydrogen (secondary N) is 1. The van der Waals surface area contributed by atoms with E-state index in [-0.39, 0.29) is 0 Å². The number of aromatic nitrogens is 3. The Hall–Kier alpha value is -3.48. The van der Waals surface area contributed by atoms with Gasteiger partial charge in [0.05, 0.1) is 5.69 Å². The van der Waals surface area contributed by atoms with Crippen molar-refractivity contribution in [1.82, 2.24) is 19.4 Å². The van der Waals surface area contributed by atoms with Gasteiger partial charge in [0.15, 0.2) is 6.23 Å². The van der Waals surface area contributed by atoms with Crippen LogP contribution < -0.4 is 5.32 Å². The van der Waals surface area contributed by atoms with Gasteiger partial charge in [-0.2, -0.15) is 0 Å². The van der Waals surface area contributed by atoms with Crippen LogP contribution in [0.3, 0.4) is 0 Å². The van der Waals surface area contributed by atoms with Gasteiger partial charge in [-0.05, 0) is 93.2 Å². The summed E-state index contributed by atoms with van der Waals surface area (Å²) >= 11 is 0. The number of likely N-dealkylation sites (tertiary alicyclic amines) is 1. The molecule has 0 bridgehead atoms. The molecule has 4 aromatic rings. The van der Waals surface area contributed by atoms with E-state index in [4.69, 9.17) is 4.98 Å². The van der Waals surface area contributed by atoms with Crippen molar-refractivity contribution in [3.63, 3.8) is 0 Å². The molecule has 0 amide bonds. The first-order valence-electron chi connectivity index (χ1n) is 14.1. The molecule has 2 aromatic heterocycles. The summed E-state index contributed by atoms with van der Waals surface area (Å²) < 4.78 is 2.04. The molecule has 1 aliphatic rings. The minimum absolute atomic E-state index is 0.651. The number of pyridine rings is 1. The summed E-state index contributed by atoms with van der Waals surface area (Å²) in [5, 5.41) is 14.4. The number of hydrogen-bond acceptors (Lipinski definition) is 5. The van der Waals surface area contributed by atoms with Crippen LogP contribution in [0, 0.1) is 0 Å². The minimum atomic E-state index is -0.885. The molecule has 1 atom stereocenters. The first kappa shape index (κ1) is 26.1. The van der Waals surface area contributed by atoms with Gasteiger partial charge in [0.1, 0.15) is 0 Å². The molecular formula is C32H39N5O. The van der Waals surface area contributed by atoms with Crippen molar-refractivity contribution in [2.75, 3.05) is 25.0 Å². The molecule has 1 aliphatic heterocycles. The molecule has 2 aromatic carbocycles. The number of para-hydroxylation sites is 1. The van der Waals surface area contributed by atoms with E-state index < -0.39 is 6.23 Å². The molecule has 38 heavy (non-hydrogen) atoms. The van der Waals surface area contributed by atoms with Gasteiger partial charge < -0.3 is 15.3 Å². The molecule has 198 valence electrons. The Bertz CT molecular complexity index is 1250. The quantitative estimate of drug-likeness (QED) is 0.166. The molecule has 1 unspecified atom stereocenters. The van der Waals surface area contributed by atoms with E-state index in [0.29, 0.717) is 5.95 Å². The van der Waals surface area contributed by atoms with Crippen LogP contribution >= 0.6 is 0 Å². The van der Waals surface area contributed by atoms with Crippen molar-refractivity contribution in [3.05, 3.63) is 96.6 Å². The summed E-state index contributed by atoms with van der Waals surface area (Å²) in [4.78, 5) is 11.6. The lowest BCUT2D eigenvalue weighted by atomic mass is 10.0. The lowest BCUT2D eigenvalue weighted by Gasteiger charge is -2.26. The van der Waals surface area contributed by atoms with E-state index in [9.17, 15) is 5.11 Å². The highest BCUT2D eigenvalue weighted by Crippen LogP contribution is 2.26. The van der Waals surface area contributed by atoms with Gasteiger partial charge in [0.2, 0.25) is 5.95 Å². The van der Waals surface area contributed by atoms with Crippen LogP contribution in [0.5, 0.6) is 0 Å². The van der Waals surface area contributed by atoms with E-state index >= 15 is 0 Å². The highest BCUT2D eigenvalue weighted by molar-refractivity contribution is 5.63. The summed E-state index contributed by atoms with van der Waals surface area (Å²) in [5.41, 5.74) is 4.96. The number of benzene rings is 2. The number of hydrogen-bond donors (Lipinski definition) is 2. The molecule has 5 rings (SSSR count). The number of nitrogens with zero attached hydrogens (tertiary/aromatic N) is 4. The Kier molecular flexibility index (Phi) is 9.19. The predicted molar refractivity (Wildman–Crippen MR) is 154 cm³/mol. The zero-order chi connectivity index (χ0) is 26.0. The van der Waals surface area contributed by atoms with Crippen LogP contribution in [0.1, 0.15) is 62.4 Å². The van der Waals surface area contributed by atoms with Crippen LogP contribution in [0.4, 0.5) is 5.95 Å². The monoisotopic (exact) mass is 509 g/mol. The fraction of sp³-hybridized carbons (Fsp3) is 0.375. The van der Waals surface area contributed by atoms with E-state index in [2.05, 4.69) is 33.5 Å². The molecule has 1 fully saturated rings. The van der Waals surface area contributed by atoms with Crippen LogP contribution in [-0.2, 0) is 6.42 Å². The van der Waals surface area contributed by atoms with Gasteiger partial charge in [-0.15, -0.1) is 0 Å². The van der Waals surface area contributed by atoms with Gasteiger partial charge in [-0.3, -0.25) is 9.55 Å². The van der Waals surface area contributed by atoms with Crippen LogP contribution in [0.15, 0.2) is 85.3 Å². The second-order valence-corrected chi connectivity index (χ2v) is 10.2. The largest absolute Gasteiger partial charge is 0.369 e. The Morgan fingerprint density at radius 2 is 1.61 bits per heavy atom. The molecule has 2 N–H and O–H groups in total. The van der Waals surface area contributed by atoms with Gasteiger partial charge in [0, 0.05) is 29.8 Å². The number of aliphatic hydroxyl groups is 1. The van der Waals surface area contributed by atoms with E-state index in [1.807, 2.05) is 59.2 Å². The minimum Gasteiger partial charge on any atom is -0.369 e. The highest BCUT2D eigenvalue weighted by atomic mass is 16.3. The summed E-state index contributed by atoms with van der Waals surface area (Å²) in [6, 6.07) is 22.1. The third kappa shape index (κ3) is 7.09. The number of piperidine rings is 1. The highest BCUT2D eigenvalue weighted by Gasteiger charge is 2.15. The maximum atomic E-state index is 11.1. The predicted octanol–water partition coefficient (Wildman–Crippen LogP) is 6.63. The third-order valence-corrected chi connectivity index (χ3v) is 7.38. The van der Waals surface area contributed by atoms with Gasteiger partial charge in [-0.1, -0.05) is 55.7 Å². The molecule has 0 spiro atoms. The smallest absolute Gasteiger partial charge is 0.210 e. The molecule has 3 heterocycles. The topological polar surface area (TPSA) is 66.2 Å². The van der Waals surface area contributed by atoms with Crippen molar-refractivity contribution in [1.29, 1.82) is 0 Å². The Balaban J connectivity index is 1.22. The lowest BCUT2D eigenvalue weighted by molar-refractivity contribution is 0.207. The van der Waals surface area contributed by atoms with E-state index in [0.717, 1.165) is 40.9 Å². The van der Waals surface area contributed by atoms with Gasteiger partial charge in [-0.25, -0.2) is 4.98 Å². The summed E-state index contributed by atoms with van der Waals surface area (Å²) in [6.07, 6.45) is 14.8. The Morgan fingerprint density at radius 3 is 2.42 bits per heavy atom. The third-order valence-electron chi connectivity index (χ3n) is 7.38. The molecule has 0 aliphatic carbocycles.